The monoisotopic (exact) mass is 424 g/mol. The average molecular weight is 424 g/mol. The molecule has 1 atom stereocenters. The summed E-state index contributed by atoms with van der Waals surface area (Å²) in [6.45, 7) is 4.06. The Morgan fingerprint density at radius 1 is 1.03 bits per heavy atom. The van der Waals surface area contributed by atoms with Gasteiger partial charge in [0.25, 0.3) is 5.91 Å². The summed E-state index contributed by atoms with van der Waals surface area (Å²) in [6, 6.07) is 9.84. The van der Waals surface area contributed by atoms with Gasteiger partial charge in [0, 0.05) is 26.2 Å². The first kappa shape index (κ1) is 21.2. The standard InChI is InChI=1S/C20H22F2N2O4S/c1-14-4-3-5-16(12-14)28-15(2)20(25)23-8-10-24(11-9-23)29(26,27)17-6-7-18(21)19(22)13-17/h3-7,12-13,15H,8-11H2,1-2H3. The summed E-state index contributed by atoms with van der Waals surface area (Å²) in [5.41, 5.74) is 1.01. The van der Waals surface area contributed by atoms with Gasteiger partial charge >= 0.3 is 0 Å². The molecular formula is C20H22F2N2O4S. The lowest BCUT2D eigenvalue weighted by Crippen LogP contribution is -2.53. The van der Waals surface area contributed by atoms with Crippen LogP contribution in [0.15, 0.2) is 47.4 Å². The molecule has 1 aliphatic rings. The van der Waals surface area contributed by atoms with Crippen LogP contribution in [0.2, 0.25) is 0 Å². The fourth-order valence-electron chi connectivity index (χ4n) is 3.14. The highest BCUT2D eigenvalue weighted by Crippen LogP contribution is 2.21. The molecule has 0 aliphatic carbocycles. The van der Waals surface area contributed by atoms with E-state index in [0.717, 1.165) is 22.0 Å². The normalized spacial score (nSPS) is 16.5. The molecule has 156 valence electrons. The number of nitrogens with zero attached hydrogens (tertiary/aromatic N) is 2. The second kappa shape index (κ2) is 8.46. The molecular weight excluding hydrogens is 402 g/mol. The molecule has 1 amide bonds. The minimum Gasteiger partial charge on any atom is -0.481 e. The number of rotatable bonds is 5. The zero-order chi connectivity index (χ0) is 21.2. The largest absolute Gasteiger partial charge is 0.481 e. The molecule has 2 aromatic rings. The van der Waals surface area contributed by atoms with E-state index in [4.69, 9.17) is 4.74 Å². The van der Waals surface area contributed by atoms with E-state index < -0.39 is 27.8 Å². The zero-order valence-corrected chi connectivity index (χ0v) is 17.0. The maximum Gasteiger partial charge on any atom is 0.263 e. The van der Waals surface area contributed by atoms with Gasteiger partial charge in [0.15, 0.2) is 17.7 Å². The zero-order valence-electron chi connectivity index (χ0n) is 16.1. The van der Waals surface area contributed by atoms with Gasteiger partial charge < -0.3 is 9.64 Å². The number of halogens is 2. The van der Waals surface area contributed by atoms with Crippen LogP contribution in [0, 0.1) is 18.6 Å². The molecule has 9 heteroatoms. The predicted octanol–water partition coefficient (Wildman–Crippen LogP) is 2.57. The Morgan fingerprint density at radius 2 is 1.72 bits per heavy atom. The lowest BCUT2D eigenvalue weighted by Gasteiger charge is -2.35. The SMILES string of the molecule is Cc1cccc(OC(C)C(=O)N2CCN(S(=O)(=O)c3ccc(F)c(F)c3)CC2)c1. The van der Waals surface area contributed by atoms with Crippen molar-refractivity contribution < 1.29 is 26.7 Å². The van der Waals surface area contributed by atoms with Crippen LogP contribution in [0.5, 0.6) is 5.75 Å². The number of carbonyl (C=O) groups excluding carboxylic acids is 1. The number of ether oxygens (including phenoxy) is 1. The molecule has 1 saturated heterocycles. The number of hydrogen-bond acceptors (Lipinski definition) is 4. The average Bonchev–Trinajstić information content (AvgIpc) is 2.69. The number of sulfonamides is 1. The van der Waals surface area contributed by atoms with E-state index in [1.54, 1.807) is 13.0 Å². The lowest BCUT2D eigenvalue weighted by atomic mass is 10.2. The van der Waals surface area contributed by atoms with Gasteiger partial charge in [-0.2, -0.15) is 4.31 Å². The van der Waals surface area contributed by atoms with Gasteiger partial charge in [-0.15, -0.1) is 0 Å². The number of aryl methyl sites for hydroxylation is 1. The molecule has 0 N–H and O–H groups in total. The van der Waals surface area contributed by atoms with Crippen molar-refractivity contribution >= 4 is 15.9 Å². The van der Waals surface area contributed by atoms with Crippen LogP contribution in [0.25, 0.3) is 0 Å². The van der Waals surface area contributed by atoms with Gasteiger partial charge in [0.2, 0.25) is 10.0 Å². The molecule has 6 nitrogen and oxygen atoms in total. The van der Waals surface area contributed by atoms with Gasteiger partial charge in [-0.05, 0) is 49.7 Å². The van der Waals surface area contributed by atoms with Crippen molar-refractivity contribution in [3.05, 3.63) is 59.7 Å². The first-order valence-corrected chi connectivity index (χ1v) is 10.6. The summed E-state index contributed by atoms with van der Waals surface area (Å²) in [5, 5.41) is 0. The molecule has 3 rings (SSSR count). The number of hydrogen-bond donors (Lipinski definition) is 0. The third kappa shape index (κ3) is 4.73. The molecule has 0 bridgehead atoms. The quantitative estimate of drug-likeness (QED) is 0.740. The molecule has 0 radical (unpaired) electrons. The van der Waals surface area contributed by atoms with Crippen LogP contribution >= 0.6 is 0 Å². The Bertz CT molecular complexity index is 1010. The maximum atomic E-state index is 13.4. The Balaban J connectivity index is 1.62. The van der Waals surface area contributed by atoms with Crippen LogP contribution < -0.4 is 4.74 Å². The van der Waals surface area contributed by atoms with Crippen molar-refractivity contribution in [2.45, 2.75) is 24.8 Å². The fraction of sp³-hybridized carbons (Fsp3) is 0.350. The molecule has 29 heavy (non-hydrogen) atoms. The maximum absolute atomic E-state index is 13.4. The summed E-state index contributed by atoms with van der Waals surface area (Å²) in [4.78, 5) is 13.9. The highest BCUT2D eigenvalue weighted by atomic mass is 32.2. The Hall–Kier alpha value is -2.52. The number of carbonyl (C=O) groups is 1. The third-order valence-electron chi connectivity index (χ3n) is 4.73. The van der Waals surface area contributed by atoms with Gasteiger partial charge in [-0.1, -0.05) is 12.1 Å². The number of amides is 1. The van der Waals surface area contributed by atoms with Crippen molar-refractivity contribution in [1.82, 2.24) is 9.21 Å². The van der Waals surface area contributed by atoms with Crippen LogP contribution in [-0.4, -0.2) is 55.8 Å². The van der Waals surface area contributed by atoms with E-state index >= 15 is 0 Å². The van der Waals surface area contributed by atoms with Crippen molar-refractivity contribution in [2.75, 3.05) is 26.2 Å². The van der Waals surface area contributed by atoms with Crippen LogP contribution in [0.4, 0.5) is 8.78 Å². The van der Waals surface area contributed by atoms with Crippen molar-refractivity contribution in [1.29, 1.82) is 0 Å². The van der Waals surface area contributed by atoms with Crippen molar-refractivity contribution in [2.24, 2.45) is 0 Å². The minimum absolute atomic E-state index is 0.0598. The Labute approximate surface area is 168 Å². The van der Waals surface area contributed by atoms with Crippen LogP contribution in [0.1, 0.15) is 12.5 Å². The smallest absolute Gasteiger partial charge is 0.263 e. The molecule has 1 heterocycles. The first-order chi connectivity index (χ1) is 13.7. The van der Waals surface area contributed by atoms with Crippen molar-refractivity contribution in [3.8, 4) is 5.75 Å². The molecule has 1 unspecified atom stereocenters. The predicted molar refractivity (Wildman–Crippen MR) is 103 cm³/mol. The van der Waals surface area contributed by atoms with E-state index in [-0.39, 0.29) is 37.0 Å². The Morgan fingerprint density at radius 3 is 2.34 bits per heavy atom. The molecule has 0 aromatic heterocycles. The van der Waals surface area contributed by atoms with E-state index in [0.29, 0.717) is 11.8 Å². The van der Waals surface area contributed by atoms with Crippen molar-refractivity contribution in [3.63, 3.8) is 0 Å². The lowest BCUT2D eigenvalue weighted by molar-refractivity contribution is -0.139. The number of benzene rings is 2. The third-order valence-corrected chi connectivity index (χ3v) is 6.62. The fourth-order valence-corrected chi connectivity index (χ4v) is 4.57. The van der Waals surface area contributed by atoms with Gasteiger partial charge in [0.05, 0.1) is 4.90 Å². The van der Waals surface area contributed by atoms with Gasteiger partial charge in [0.1, 0.15) is 5.75 Å². The first-order valence-electron chi connectivity index (χ1n) is 9.16. The molecule has 1 fully saturated rings. The number of piperazine rings is 1. The summed E-state index contributed by atoms with van der Waals surface area (Å²) in [5.74, 6) is -1.98. The second-order valence-electron chi connectivity index (χ2n) is 6.88. The summed E-state index contributed by atoms with van der Waals surface area (Å²) in [7, 11) is -3.97. The molecule has 0 spiro atoms. The minimum atomic E-state index is -3.97. The second-order valence-corrected chi connectivity index (χ2v) is 8.82. The van der Waals surface area contributed by atoms with Gasteiger partial charge in [-0.3, -0.25) is 4.79 Å². The van der Waals surface area contributed by atoms with E-state index in [1.807, 2.05) is 25.1 Å². The van der Waals surface area contributed by atoms with Gasteiger partial charge in [-0.25, -0.2) is 17.2 Å². The molecule has 1 aliphatic heterocycles. The summed E-state index contributed by atoms with van der Waals surface area (Å²) >= 11 is 0. The summed E-state index contributed by atoms with van der Waals surface area (Å²) < 4.78 is 58.6. The van der Waals surface area contributed by atoms with E-state index in [1.165, 1.54) is 4.90 Å². The summed E-state index contributed by atoms with van der Waals surface area (Å²) in [6.07, 6.45) is -0.717. The van der Waals surface area contributed by atoms with E-state index in [9.17, 15) is 22.0 Å². The molecule has 0 saturated carbocycles. The highest BCUT2D eigenvalue weighted by Gasteiger charge is 2.32. The van der Waals surface area contributed by atoms with Crippen LogP contribution in [0.3, 0.4) is 0 Å². The topological polar surface area (TPSA) is 66.9 Å². The highest BCUT2D eigenvalue weighted by molar-refractivity contribution is 7.89. The molecule has 2 aromatic carbocycles. The van der Waals surface area contributed by atoms with Crippen LogP contribution in [-0.2, 0) is 14.8 Å². The Kier molecular flexibility index (Phi) is 6.18. The van der Waals surface area contributed by atoms with E-state index in [2.05, 4.69) is 0 Å².